The van der Waals surface area contributed by atoms with Gasteiger partial charge >= 0.3 is 41.3 Å². The summed E-state index contributed by atoms with van der Waals surface area (Å²) in [6, 6.07) is 0. The molecule has 0 aromatic heterocycles. The molecular formula is H5MgO9PS. The van der Waals surface area contributed by atoms with E-state index in [9.17, 15) is 0 Å². The van der Waals surface area contributed by atoms with Gasteiger partial charge in [0, 0.05) is 0 Å². The summed E-state index contributed by atoms with van der Waals surface area (Å²) >= 11 is 0. The van der Waals surface area contributed by atoms with E-state index in [1.165, 1.54) is 0 Å². The molecule has 9 nitrogen and oxygen atoms in total. The molecule has 0 saturated carbocycles. The molecule has 0 aliphatic heterocycles. The molecule has 0 aliphatic carbocycles. The van der Waals surface area contributed by atoms with Gasteiger partial charge in [0.1, 0.15) is 0 Å². The van der Waals surface area contributed by atoms with Gasteiger partial charge < -0.3 is 20.2 Å². The first-order valence-electron chi connectivity index (χ1n) is 1.48. The Bertz CT molecular complexity index is 192. The zero-order chi connectivity index (χ0) is 9.00. The second kappa shape index (κ2) is 8.31. The number of hydrogen-bond acceptors (Lipinski definition) is 3. The zero-order valence-electron chi connectivity index (χ0n) is 5.43. The summed E-state index contributed by atoms with van der Waals surface area (Å²) in [5, 5.41) is 0. The van der Waals surface area contributed by atoms with Crippen LogP contribution in [0.2, 0.25) is 0 Å². The van der Waals surface area contributed by atoms with E-state index in [1.54, 1.807) is 0 Å². The van der Waals surface area contributed by atoms with Crippen LogP contribution in [0, 0.1) is 0 Å². The Hall–Kier alpha value is 0.706. The predicted molar refractivity (Wildman–Crippen MR) is 34.9 cm³/mol. The first-order chi connectivity index (χ1) is 4.00. The average molecular weight is 236 g/mol. The van der Waals surface area contributed by atoms with Gasteiger partial charge in [0.25, 0.3) is 0 Å². The van der Waals surface area contributed by atoms with Gasteiger partial charge in [0.2, 0.25) is 0 Å². The summed E-state index contributed by atoms with van der Waals surface area (Å²) in [7, 11) is -9.31. The van der Waals surface area contributed by atoms with Crippen molar-refractivity contribution in [1.82, 2.24) is 0 Å². The van der Waals surface area contributed by atoms with Crippen molar-refractivity contribution in [3.05, 3.63) is 0 Å². The maximum atomic E-state index is 8.88. The van der Waals surface area contributed by atoms with Crippen molar-refractivity contribution in [3.8, 4) is 0 Å². The minimum atomic E-state index is -4.67. The molecule has 0 amide bonds. The SMILES string of the molecule is O=P(O)(O)O.O=S(=O)(O)O.[Mg+2].[O-2]. The van der Waals surface area contributed by atoms with Gasteiger partial charge in [-0.3, -0.25) is 9.11 Å². The Kier molecular flexibility index (Phi) is 15.9. The number of rotatable bonds is 0. The fourth-order valence-electron chi connectivity index (χ4n) is 0. The second-order valence-electron chi connectivity index (χ2n) is 0.961. The summed E-state index contributed by atoms with van der Waals surface area (Å²) in [5.74, 6) is 0. The zero-order valence-corrected chi connectivity index (χ0v) is 8.56. The Morgan fingerprint density at radius 1 is 1.00 bits per heavy atom. The Morgan fingerprint density at radius 3 is 1.00 bits per heavy atom. The van der Waals surface area contributed by atoms with Crippen molar-refractivity contribution in [1.29, 1.82) is 0 Å². The monoisotopic (exact) mass is 236 g/mol. The van der Waals surface area contributed by atoms with Crippen LogP contribution < -0.4 is 0 Å². The van der Waals surface area contributed by atoms with Crippen molar-refractivity contribution in [3.63, 3.8) is 0 Å². The van der Waals surface area contributed by atoms with E-state index in [4.69, 9.17) is 36.8 Å². The minimum Gasteiger partial charge on any atom is -2.00 e. The minimum absolute atomic E-state index is 0. The Balaban J connectivity index is -0.0000000457. The van der Waals surface area contributed by atoms with E-state index in [1.807, 2.05) is 0 Å². The van der Waals surface area contributed by atoms with Crippen molar-refractivity contribution < 1.29 is 42.2 Å². The second-order valence-corrected chi connectivity index (χ2v) is 2.88. The normalized spacial score (nSPS) is 9.75. The third kappa shape index (κ3) is 2020. The first-order valence-corrected chi connectivity index (χ1v) is 4.44. The molecule has 0 radical (unpaired) electrons. The van der Waals surface area contributed by atoms with E-state index in [-0.39, 0.29) is 28.5 Å². The largest absolute Gasteiger partial charge is 2.00 e. The van der Waals surface area contributed by atoms with E-state index < -0.39 is 18.2 Å². The first kappa shape index (κ1) is 23.0. The molecule has 0 bridgehead atoms. The maximum absolute atomic E-state index is 8.88. The molecule has 0 saturated heterocycles. The fraction of sp³-hybridized carbons (Fsp3) is 0. The van der Waals surface area contributed by atoms with Crippen LogP contribution in [0.3, 0.4) is 0 Å². The van der Waals surface area contributed by atoms with E-state index in [0.29, 0.717) is 0 Å². The summed E-state index contributed by atoms with van der Waals surface area (Å²) in [6.45, 7) is 0. The number of phosphoric acid groups is 1. The molecular weight excluding hydrogens is 231 g/mol. The maximum Gasteiger partial charge on any atom is 2.00 e. The molecule has 5 N–H and O–H groups in total. The molecule has 12 heteroatoms. The van der Waals surface area contributed by atoms with Crippen molar-refractivity contribution >= 4 is 41.3 Å². The molecule has 0 aliphatic rings. The third-order valence-electron chi connectivity index (χ3n) is 0. The van der Waals surface area contributed by atoms with Gasteiger partial charge in [-0.2, -0.15) is 8.42 Å². The molecule has 72 valence electrons. The third-order valence-corrected chi connectivity index (χ3v) is 0. The van der Waals surface area contributed by atoms with Crippen LogP contribution in [0.1, 0.15) is 0 Å². The van der Waals surface area contributed by atoms with Crippen LogP contribution >= 0.6 is 7.82 Å². The van der Waals surface area contributed by atoms with Crippen LogP contribution in [0.5, 0.6) is 0 Å². The standard InChI is InChI=1S/Mg.H3O4P.H2O4S.O/c;2*1-5(2,3)4;/h;(H3,1,2,3,4);(H2,1,2,3,4);/q+2;;;-2. The van der Waals surface area contributed by atoms with Crippen LogP contribution in [0.4, 0.5) is 0 Å². The molecule has 0 atom stereocenters. The molecule has 0 aromatic rings. The van der Waals surface area contributed by atoms with Gasteiger partial charge in [-0.05, 0) is 0 Å². The van der Waals surface area contributed by atoms with Crippen LogP contribution in [0.15, 0.2) is 0 Å². The van der Waals surface area contributed by atoms with Crippen molar-refractivity contribution in [2.24, 2.45) is 0 Å². The number of hydrogen-bond donors (Lipinski definition) is 5. The fourth-order valence-corrected chi connectivity index (χ4v) is 0. The smallest absolute Gasteiger partial charge is 2.00 e. The summed E-state index contributed by atoms with van der Waals surface area (Å²) in [6.07, 6.45) is 0. The summed E-state index contributed by atoms with van der Waals surface area (Å²) < 4.78 is 40.5. The van der Waals surface area contributed by atoms with Gasteiger partial charge in [-0.1, -0.05) is 0 Å². The predicted octanol–water partition coefficient (Wildman–Crippen LogP) is -2.08. The molecule has 0 rings (SSSR count). The average Bonchev–Trinajstić information content (AvgIpc) is 1.12. The van der Waals surface area contributed by atoms with Gasteiger partial charge in [-0.15, -0.1) is 0 Å². The van der Waals surface area contributed by atoms with Gasteiger partial charge in [-0.25, -0.2) is 4.57 Å². The Morgan fingerprint density at radius 2 is 1.00 bits per heavy atom. The molecule has 12 heavy (non-hydrogen) atoms. The van der Waals surface area contributed by atoms with Gasteiger partial charge in [0.15, 0.2) is 0 Å². The van der Waals surface area contributed by atoms with E-state index in [0.717, 1.165) is 0 Å². The van der Waals surface area contributed by atoms with Crippen molar-refractivity contribution in [2.75, 3.05) is 0 Å². The quantitative estimate of drug-likeness (QED) is 0.180. The van der Waals surface area contributed by atoms with Crippen molar-refractivity contribution in [2.45, 2.75) is 0 Å². The molecule has 0 aromatic carbocycles. The van der Waals surface area contributed by atoms with Crippen LogP contribution in [-0.2, 0) is 20.4 Å². The summed E-state index contributed by atoms with van der Waals surface area (Å²) in [4.78, 5) is 21.6. The van der Waals surface area contributed by atoms with Crippen LogP contribution in [0.25, 0.3) is 0 Å². The van der Waals surface area contributed by atoms with Crippen LogP contribution in [-0.4, -0.2) is 55.3 Å². The molecule has 0 unspecified atom stereocenters. The topological polar surface area (TPSA) is 181 Å². The molecule has 0 heterocycles. The Labute approximate surface area is 83.7 Å². The van der Waals surface area contributed by atoms with E-state index >= 15 is 0 Å². The van der Waals surface area contributed by atoms with E-state index in [2.05, 4.69) is 0 Å². The van der Waals surface area contributed by atoms with Gasteiger partial charge in [0.05, 0.1) is 0 Å². The summed E-state index contributed by atoms with van der Waals surface area (Å²) in [5.41, 5.74) is 0. The molecule has 0 fully saturated rings. The molecule has 0 spiro atoms.